The Morgan fingerprint density at radius 2 is 1.57 bits per heavy atom. The summed E-state index contributed by atoms with van der Waals surface area (Å²) in [5.74, 6) is 0. The highest BCUT2D eigenvalue weighted by molar-refractivity contribution is 8.08. The molecule has 0 N–H and O–H groups in total. The molecule has 2 aromatic carbocycles. The van der Waals surface area contributed by atoms with Crippen molar-refractivity contribution >= 4 is 72.8 Å². The molecule has 0 bridgehead atoms. The lowest BCUT2D eigenvalue weighted by molar-refractivity contribution is -0.642. The van der Waals surface area contributed by atoms with Crippen LogP contribution in [0.2, 0.25) is 0 Å². The maximum absolute atomic E-state index is 13.6. The second-order valence-corrected chi connectivity index (χ2v) is 12.8. The van der Waals surface area contributed by atoms with Gasteiger partial charge in [-0.1, -0.05) is 47.4 Å². The van der Waals surface area contributed by atoms with Crippen LogP contribution in [-0.4, -0.2) is 16.2 Å². The van der Waals surface area contributed by atoms with Gasteiger partial charge in [-0.3, -0.25) is 18.7 Å². The van der Waals surface area contributed by atoms with Gasteiger partial charge in [0.05, 0.1) is 11.8 Å². The molecule has 0 aliphatic carbocycles. The third-order valence-electron chi connectivity index (χ3n) is 6.57. The van der Waals surface area contributed by atoms with Gasteiger partial charge >= 0.3 is 0 Å². The summed E-state index contributed by atoms with van der Waals surface area (Å²) in [6, 6.07) is 16.5. The first kappa shape index (κ1) is 24.4. The molecule has 6 rings (SSSR count). The largest absolute Gasteiger partial charge is 0.337 e. The zero-order chi connectivity index (χ0) is 25.8. The van der Waals surface area contributed by atoms with Gasteiger partial charge in [-0.25, -0.2) is 0 Å². The van der Waals surface area contributed by atoms with Crippen molar-refractivity contribution in [1.82, 2.24) is 9.13 Å². The normalized spacial score (nSPS) is 16.2. The zero-order valence-corrected chi connectivity index (χ0v) is 24.1. The summed E-state index contributed by atoms with van der Waals surface area (Å²) in [6.45, 7) is 5.02. The minimum atomic E-state index is -0.0433. The number of rotatable bonds is 3. The highest BCUT2D eigenvalue weighted by Crippen LogP contribution is 2.45. The highest BCUT2D eigenvalue weighted by atomic mass is 32.2. The summed E-state index contributed by atoms with van der Waals surface area (Å²) < 4.78 is 9.86. The Kier molecular flexibility index (Phi) is 6.22. The average molecular weight is 566 g/mol. The number of thioether (sulfide) groups is 1. The lowest BCUT2D eigenvalue weighted by atomic mass is 10.3. The van der Waals surface area contributed by atoms with Gasteiger partial charge in [0.15, 0.2) is 0 Å². The second-order valence-electron chi connectivity index (χ2n) is 8.65. The van der Waals surface area contributed by atoms with E-state index in [9.17, 15) is 9.59 Å². The van der Waals surface area contributed by atoms with Gasteiger partial charge in [0.25, 0.3) is 16.1 Å². The van der Waals surface area contributed by atoms with Crippen LogP contribution in [0.15, 0.2) is 63.0 Å². The van der Waals surface area contributed by atoms with Crippen molar-refractivity contribution in [3.8, 4) is 0 Å². The van der Waals surface area contributed by atoms with Crippen LogP contribution in [-0.2, 0) is 20.1 Å². The highest BCUT2D eigenvalue weighted by Gasteiger charge is 2.24. The molecule has 10 heteroatoms. The standard InChI is InChI=1S/C27H25N4O2S4/c1-5-30-21(15-20-28(3)16-11-7-9-13-18(16)34-20)36-23(24(30)32)27-31(6-2)25(33)22(37-27)26-29(4)17-12-8-10-14-19(17)35-26/h7-15H,5-6H2,1-4H3/q+1/b26-22?,27-23-. The molecule has 1 aliphatic heterocycles. The van der Waals surface area contributed by atoms with Crippen LogP contribution in [0.1, 0.15) is 18.9 Å². The summed E-state index contributed by atoms with van der Waals surface area (Å²) in [5, 5.41) is 1.99. The number of para-hydroxylation sites is 2. The fraction of sp³-hybridized carbons (Fsp3) is 0.222. The Labute approximate surface area is 229 Å². The number of anilines is 1. The molecule has 5 aromatic rings. The van der Waals surface area contributed by atoms with E-state index in [0.29, 0.717) is 22.2 Å². The molecule has 0 fully saturated rings. The summed E-state index contributed by atoms with van der Waals surface area (Å²) in [6.07, 6.45) is 2.10. The van der Waals surface area contributed by atoms with Crippen molar-refractivity contribution < 1.29 is 4.57 Å². The number of fused-ring (bicyclic) bond motifs is 2. The van der Waals surface area contributed by atoms with Crippen LogP contribution < -0.4 is 29.8 Å². The van der Waals surface area contributed by atoms with Crippen molar-refractivity contribution in [3.05, 3.63) is 92.6 Å². The van der Waals surface area contributed by atoms with Gasteiger partial charge in [0.1, 0.15) is 35.2 Å². The predicted molar refractivity (Wildman–Crippen MR) is 156 cm³/mol. The lowest BCUT2D eigenvalue weighted by Crippen LogP contribution is -2.31. The Bertz CT molecular complexity index is 2030. The van der Waals surface area contributed by atoms with Crippen LogP contribution in [0.25, 0.3) is 21.3 Å². The number of aryl methyl sites for hydroxylation is 1. The fourth-order valence-electron chi connectivity index (χ4n) is 4.62. The van der Waals surface area contributed by atoms with E-state index in [2.05, 4.69) is 46.9 Å². The van der Waals surface area contributed by atoms with E-state index in [4.69, 9.17) is 0 Å². The molecule has 1 aliphatic rings. The molecule has 0 atom stereocenters. The van der Waals surface area contributed by atoms with Crippen molar-refractivity contribution in [2.24, 2.45) is 7.05 Å². The van der Waals surface area contributed by atoms with Gasteiger partial charge in [-0.2, -0.15) is 4.57 Å². The molecule has 0 saturated carbocycles. The van der Waals surface area contributed by atoms with Crippen LogP contribution >= 0.6 is 45.8 Å². The van der Waals surface area contributed by atoms with E-state index in [0.717, 1.165) is 29.9 Å². The van der Waals surface area contributed by atoms with E-state index in [-0.39, 0.29) is 11.1 Å². The molecule has 0 radical (unpaired) electrons. The van der Waals surface area contributed by atoms with Crippen molar-refractivity contribution in [3.63, 3.8) is 0 Å². The Morgan fingerprint density at radius 1 is 0.865 bits per heavy atom. The number of thiazole rings is 3. The molecule has 4 heterocycles. The smallest absolute Gasteiger partial charge is 0.272 e. The average Bonchev–Trinajstić information content (AvgIpc) is 3.61. The SMILES string of the molecule is CCn1c(=Cc2sc3ccccc3[n+]2C)s/c(=c2\sc(=C3Sc4ccccc4N3C)c(=O)n2CC)c1=O. The molecule has 0 amide bonds. The summed E-state index contributed by atoms with van der Waals surface area (Å²) in [5.41, 5.74) is 2.18. The number of hydrogen-bond acceptors (Lipinski definition) is 7. The monoisotopic (exact) mass is 565 g/mol. The minimum Gasteiger partial charge on any atom is -0.337 e. The van der Waals surface area contributed by atoms with E-state index in [1.165, 1.54) is 32.9 Å². The first-order valence-corrected chi connectivity index (χ1v) is 15.3. The van der Waals surface area contributed by atoms with Crippen molar-refractivity contribution in [1.29, 1.82) is 0 Å². The number of hydrogen-bond donors (Lipinski definition) is 0. The number of nitrogens with zero attached hydrogens (tertiary/aromatic N) is 4. The zero-order valence-electron chi connectivity index (χ0n) is 20.8. The Hall–Kier alpha value is -2.92. The molecule has 6 nitrogen and oxygen atoms in total. The predicted octanol–water partition coefficient (Wildman–Crippen LogP) is 3.64. The van der Waals surface area contributed by atoms with Crippen LogP contribution in [0.3, 0.4) is 0 Å². The van der Waals surface area contributed by atoms with Gasteiger partial charge in [0.2, 0.25) is 5.52 Å². The van der Waals surface area contributed by atoms with Gasteiger partial charge in [-0.15, -0.1) is 22.7 Å². The summed E-state index contributed by atoms with van der Waals surface area (Å²) >= 11 is 6.22. The van der Waals surface area contributed by atoms with Gasteiger partial charge in [0, 0.05) is 31.1 Å². The maximum atomic E-state index is 13.6. The van der Waals surface area contributed by atoms with E-state index >= 15 is 0 Å². The third kappa shape index (κ3) is 3.85. The number of benzene rings is 2. The molecule has 0 unspecified atom stereocenters. The first-order chi connectivity index (χ1) is 17.9. The van der Waals surface area contributed by atoms with Gasteiger partial charge in [-0.05, 0) is 32.0 Å². The molecule has 0 saturated heterocycles. The quantitative estimate of drug-likeness (QED) is 0.314. The molecule has 188 valence electrons. The van der Waals surface area contributed by atoms with Crippen molar-refractivity contribution in [2.45, 2.75) is 31.8 Å². The molecule has 0 spiro atoms. The fourth-order valence-corrected chi connectivity index (χ4v) is 9.58. The van der Waals surface area contributed by atoms with Crippen LogP contribution in [0.5, 0.6) is 0 Å². The van der Waals surface area contributed by atoms with Crippen LogP contribution in [0, 0.1) is 9.20 Å². The first-order valence-electron chi connectivity index (χ1n) is 12.0. The topological polar surface area (TPSA) is 51.1 Å². The van der Waals surface area contributed by atoms with E-state index in [1.54, 1.807) is 27.7 Å². The summed E-state index contributed by atoms with van der Waals surface area (Å²) in [4.78, 5) is 30.4. The Morgan fingerprint density at radius 3 is 2.30 bits per heavy atom. The number of aromatic nitrogens is 3. The molecular formula is C27H25N4O2S4+. The third-order valence-corrected chi connectivity index (χ3v) is 11.5. The van der Waals surface area contributed by atoms with Gasteiger partial charge < -0.3 is 4.90 Å². The Balaban J connectivity index is 1.65. The molecule has 3 aromatic heterocycles. The molecule has 37 heavy (non-hydrogen) atoms. The minimum absolute atomic E-state index is 0.0399. The van der Waals surface area contributed by atoms with E-state index < -0.39 is 0 Å². The van der Waals surface area contributed by atoms with E-state index in [1.807, 2.05) is 49.7 Å². The summed E-state index contributed by atoms with van der Waals surface area (Å²) in [7, 11) is 4.05. The van der Waals surface area contributed by atoms with Crippen LogP contribution in [0.4, 0.5) is 5.69 Å². The maximum Gasteiger partial charge on any atom is 0.272 e. The molecular weight excluding hydrogens is 541 g/mol. The lowest BCUT2D eigenvalue weighted by Gasteiger charge is -2.11. The van der Waals surface area contributed by atoms with Crippen molar-refractivity contribution in [2.75, 3.05) is 11.9 Å². The second kappa shape index (κ2) is 9.43.